The van der Waals surface area contributed by atoms with Gasteiger partial charge in [0.15, 0.2) is 0 Å². The molecule has 1 aliphatic carbocycles. The topological polar surface area (TPSA) is 12.0 Å². The van der Waals surface area contributed by atoms with Gasteiger partial charge >= 0.3 is 0 Å². The predicted molar refractivity (Wildman–Crippen MR) is 73.2 cm³/mol. The Balaban J connectivity index is 1.81. The van der Waals surface area contributed by atoms with Crippen LogP contribution < -0.4 is 5.32 Å². The van der Waals surface area contributed by atoms with Crippen LogP contribution in [0.25, 0.3) is 0 Å². The lowest BCUT2D eigenvalue weighted by atomic mass is 10.1. The van der Waals surface area contributed by atoms with E-state index in [-0.39, 0.29) is 0 Å². The number of halogens is 1. The van der Waals surface area contributed by atoms with Gasteiger partial charge in [-0.1, -0.05) is 45.4 Å². The molecule has 0 spiro atoms. The summed E-state index contributed by atoms with van der Waals surface area (Å²) in [4.78, 5) is 0. The van der Waals surface area contributed by atoms with Crippen molar-refractivity contribution in [1.82, 2.24) is 5.32 Å². The molecule has 96 valence electrons. The minimum atomic E-state index is 0.442. The van der Waals surface area contributed by atoms with Crippen molar-refractivity contribution in [2.24, 2.45) is 5.92 Å². The quantitative estimate of drug-likeness (QED) is 0.471. The Kier molecular flexibility index (Phi) is 8.32. The van der Waals surface area contributed by atoms with E-state index in [9.17, 15) is 0 Å². The number of hydrogen-bond acceptors (Lipinski definition) is 1. The fourth-order valence-corrected chi connectivity index (χ4v) is 2.91. The van der Waals surface area contributed by atoms with Crippen molar-refractivity contribution in [3.8, 4) is 0 Å². The summed E-state index contributed by atoms with van der Waals surface area (Å²) in [7, 11) is 0. The zero-order valence-corrected chi connectivity index (χ0v) is 11.6. The molecule has 1 N–H and O–H groups in total. The summed E-state index contributed by atoms with van der Waals surface area (Å²) >= 11 is 6.24. The Hall–Kier alpha value is 0.250. The zero-order chi connectivity index (χ0) is 11.6. The van der Waals surface area contributed by atoms with Crippen molar-refractivity contribution >= 4 is 11.6 Å². The van der Waals surface area contributed by atoms with Crippen LogP contribution in [0, 0.1) is 5.92 Å². The van der Waals surface area contributed by atoms with E-state index in [1.54, 1.807) is 0 Å². The number of hydrogen-bond donors (Lipinski definition) is 1. The lowest BCUT2D eigenvalue weighted by molar-refractivity contribution is 0.481. The highest BCUT2D eigenvalue weighted by Crippen LogP contribution is 2.29. The van der Waals surface area contributed by atoms with Crippen LogP contribution in [0.3, 0.4) is 0 Å². The van der Waals surface area contributed by atoms with Crippen molar-refractivity contribution in [1.29, 1.82) is 0 Å². The maximum Gasteiger partial charge on any atom is 0.0376 e. The van der Waals surface area contributed by atoms with Crippen LogP contribution in [0.5, 0.6) is 0 Å². The summed E-state index contributed by atoms with van der Waals surface area (Å²) in [6.45, 7) is 4.60. The van der Waals surface area contributed by atoms with Gasteiger partial charge in [0.25, 0.3) is 0 Å². The summed E-state index contributed by atoms with van der Waals surface area (Å²) in [6, 6.07) is 0. The summed E-state index contributed by atoms with van der Waals surface area (Å²) < 4.78 is 0. The van der Waals surface area contributed by atoms with Crippen LogP contribution in [0.4, 0.5) is 0 Å². The van der Waals surface area contributed by atoms with Crippen LogP contribution in [0.1, 0.15) is 64.7 Å². The van der Waals surface area contributed by atoms with E-state index in [2.05, 4.69) is 12.2 Å². The molecule has 1 fully saturated rings. The Morgan fingerprint density at radius 1 is 1.06 bits per heavy atom. The number of alkyl halides is 1. The first-order chi connectivity index (χ1) is 7.84. The van der Waals surface area contributed by atoms with Gasteiger partial charge in [-0.05, 0) is 38.3 Å². The SMILES string of the molecule is CCCCCCCCNCC1CCCC1Cl. The van der Waals surface area contributed by atoms with Crippen LogP contribution in [-0.4, -0.2) is 18.5 Å². The molecule has 0 aromatic carbocycles. The third-order valence-electron chi connectivity index (χ3n) is 3.68. The Bertz CT molecular complexity index is 161. The van der Waals surface area contributed by atoms with Crippen molar-refractivity contribution in [2.75, 3.05) is 13.1 Å². The van der Waals surface area contributed by atoms with Gasteiger partial charge in [-0.3, -0.25) is 0 Å². The monoisotopic (exact) mass is 245 g/mol. The molecular formula is C14H28ClN. The van der Waals surface area contributed by atoms with Gasteiger partial charge in [0, 0.05) is 5.38 Å². The van der Waals surface area contributed by atoms with Crippen molar-refractivity contribution in [3.63, 3.8) is 0 Å². The second kappa shape index (κ2) is 9.30. The van der Waals surface area contributed by atoms with Crippen molar-refractivity contribution < 1.29 is 0 Å². The normalized spacial score (nSPS) is 25.1. The second-order valence-corrected chi connectivity index (χ2v) is 5.74. The van der Waals surface area contributed by atoms with E-state index in [0.717, 1.165) is 12.5 Å². The number of rotatable bonds is 9. The molecule has 1 saturated carbocycles. The van der Waals surface area contributed by atoms with Gasteiger partial charge in [0.05, 0.1) is 0 Å². The highest BCUT2D eigenvalue weighted by atomic mass is 35.5. The van der Waals surface area contributed by atoms with Crippen molar-refractivity contribution in [2.45, 2.75) is 70.1 Å². The fraction of sp³-hybridized carbons (Fsp3) is 1.00. The smallest absolute Gasteiger partial charge is 0.0376 e. The molecule has 0 aromatic rings. The largest absolute Gasteiger partial charge is 0.316 e. The Morgan fingerprint density at radius 2 is 1.81 bits per heavy atom. The first-order valence-electron chi connectivity index (χ1n) is 7.19. The molecule has 0 aromatic heterocycles. The third kappa shape index (κ3) is 6.10. The zero-order valence-electron chi connectivity index (χ0n) is 10.8. The van der Waals surface area contributed by atoms with E-state index in [0.29, 0.717) is 5.38 Å². The van der Waals surface area contributed by atoms with Gasteiger partial charge in [-0.15, -0.1) is 11.6 Å². The van der Waals surface area contributed by atoms with Gasteiger partial charge in [-0.2, -0.15) is 0 Å². The van der Waals surface area contributed by atoms with Gasteiger partial charge < -0.3 is 5.32 Å². The van der Waals surface area contributed by atoms with Crippen LogP contribution >= 0.6 is 11.6 Å². The van der Waals surface area contributed by atoms with E-state index >= 15 is 0 Å². The molecule has 2 atom stereocenters. The van der Waals surface area contributed by atoms with E-state index < -0.39 is 0 Å². The third-order valence-corrected chi connectivity index (χ3v) is 4.25. The standard InChI is InChI=1S/C14H28ClN/c1-2-3-4-5-6-7-11-16-12-13-9-8-10-14(13)15/h13-14,16H,2-12H2,1H3. The molecular weight excluding hydrogens is 218 g/mol. The summed E-state index contributed by atoms with van der Waals surface area (Å²) in [5, 5.41) is 4.01. The summed E-state index contributed by atoms with van der Waals surface area (Å²) in [6.07, 6.45) is 12.2. The molecule has 0 heterocycles. The molecule has 16 heavy (non-hydrogen) atoms. The first-order valence-corrected chi connectivity index (χ1v) is 7.63. The van der Waals surface area contributed by atoms with Gasteiger partial charge in [0.1, 0.15) is 0 Å². The first kappa shape index (κ1) is 14.3. The molecule has 0 radical (unpaired) electrons. The Morgan fingerprint density at radius 3 is 2.50 bits per heavy atom. The van der Waals surface area contributed by atoms with Crippen LogP contribution in [-0.2, 0) is 0 Å². The average molecular weight is 246 g/mol. The van der Waals surface area contributed by atoms with Gasteiger partial charge in [0.2, 0.25) is 0 Å². The molecule has 0 bridgehead atoms. The van der Waals surface area contributed by atoms with E-state index in [4.69, 9.17) is 11.6 Å². The predicted octanol–water partition coefficient (Wildman–Crippen LogP) is 4.34. The maximum atomic E-state index is 6.24. The molecule has 2 heteroatoms. The molecule has 0 aliphatic heterocycles. The highest BCUT2D eigenvalue weighted by Gasteiger charge is 2.24. The van der Waals surface area contributed by atoms with Crippen molar-refractivity contribution in [3.05, 3.63) is 0 Å². The van der Waals surface area contributed by atoms with Crippen LogP contribution in [0.15, 0.2) is 0 Å². The lowest BCUT2D eigenvalue weighted by Gasteiger charge is -2.14. The molecule has 1 nitrogen and oxygen atoms in total. The number of nitrogens with one attached hydrogen (secondary N) is 1. The minimum Gasteiger partial charge on any atom is -0.316 e. The molecule has 1 rings (SSSR count). The van der Waals surface area contributed by atoms with E-state index in [1.807, 2.05) is 0 Å². The molecule has 1 aliphatic rings. The fourth-order valence-electron chi connectivity index (χ4n) is 2.54. The summed E-state index contributed by atoms with van der Waals surface area (Å²) in [5.41, 5.74) is 0. The highest BCUT2D eigenvalue weighted by molar-refractivity contribution is 6.20. The second-order valence-electron chi connectivity index (χ2n) is 5.18. The maximum absolute atomic E-state index is 6.24. The summed E-state index contributed by atoms with van der Waals surface area (Å²) in [5.74, 6) is 0.738. The van der Waals surface area contributed by atoms with Gasteiger partial charge in [-0.25, -0.2) is 0 Å². The van der Waals surface area contributed by atoms with Crippen LogP contribution in [0.2, 0.25) is 0 Å². The lowest BCUT2D eigenvalue weighted by Crippen LogP contribution is -2.26. The number of unbranched alkanes of at least 4 members (excludes halogenated alkanes) is 5. The van der Waals surface area contributed by atoms with E-state index in [1.165, 1.54) is 64.3 Å². The molecule has 2 unspecified atom stereocenters. The minimum absolute atomic E-state index is 0.442. The molecule has 0 saturated heterocycles. The Labute approximate surface area is 106 Å². The molecule has 0 amide bonds. The average Bonchev–Trinajstić information content (AvgIpc) is 2.68.